The summed E-state index contributed by atoms with van der Waals surface area (Å²) in [6, 6.07) is 81.8. The smallest absolute Gasteiger partial charge is 0.164 e. The number of hydrogen-bond acceptors (Lipinski definition) is 5. The van der Waals surface area contributed by atoms with Crippen LogP contribution in [0.5, 0.6) is 0 Å². The van der Waals surface area contributed by atoms with E-state index in [4.69, 9.17) is 24.9 Å². The quantitative estimate of drug-likeness (QED) is 0.145. The molecule has 0 atom stereocenters. The van der Waals surface area contributed by atoms with Gasteiger partial charge in [-0.2, -0.15) is 0 Å². The molecule has 11 aromatic rings. The molecule has 0 bridgehead atoms. The third-order valence-electron chi connectivity index (χ3n) is 11.6. The molecule has 0 aliphatic rings. The van der Waals surface area contributed by atoms with Gasteiger partial charge in [0.15, 0.2) is 23.3 Å². The van der Waals surface area contributed by atoms with Crippen molar-refractivity contribution < 1.29 is 0 Å². The van der Waals surface area contributed by atoms with E-state index in [1.165, 1.54) is 0 Å². The highest BCUT2D eigenvalue weighted by Crippen LogP contribution is 2.43. The van der Waals surface area contributed by atoms with E-state index < -0.39 is 0 Å². The summed E-state index contributed by atoms with van der Waals surface area (Å²) in [6.45, 7) is 0. The molecule has 5 nitrogen and oxygen atoms in total. The van der Waals surface area contributed by atoms with E-state index in [1.807, 2.05) is 97.1 Å². The van der Waals surface area contributed by atoms with E-state index in [-0.39, 0.29) is 0 Å². The molecule has 0 N–H and O–H groups in total. The molecule has 2 aromatic heterocycles. The second-order valence-electron chi connectivity index (χ2n) is 15.6. The molecule has 0 radical (unpaired) electrons. The minimum absolute atomic E-state index is 0.622. The van der Waals surface area contributed by atoms with Crippen LogP contribution >= 0.6 is 0 Å². The molecular formula is C59H39N5. The Bertz CT molecular complexity index is 3280. The van der Waals surface area contributed by atoms with Crippen molar-refractivity contribution >= 4 is 10.8 Å². The second kappa shape index (κ2) is 17.0. The molecule has 11 rings (SSSR count). The van der Waals surface area contributed by atoms with Gasteiger partial charge in [-0.3, -0.25) is 0 Å². The van der Waals surface area contributed by atoms with Gasteiger partial charge in [0, 0.05) is 38.9 Å². The number of nitrogens with zero attached hydrogens (tertiary/aromatic N) is 5. The normalized spacial score (nSPS) is 11.1. The van der Waals surface area contributed by atoms with Crippen molar-refractivity contribution in [3.8, 4) is 101 Å². The summed E-state index contributed by atoms with van der Waals surface area (Å²) in [5, 5.41) is 2.27. The molecular weight excluding hydrogens is 779 g/mol. The van der Waals surface area contributed by atoms with E-state index in [9.17, 15) is 0 Å². The van der Waals surface area contributed by atoms with Crippen LogP contribution in [-0.2, 0) is 0 Å². The fourth-order valence-electron chi connectivity index (χ4n) is 8.37. The minimum atomic E-state index is 0.622. The van der Waals surface area contributed by atoms with Crippen molar-refractivity contribution in [1.29, 1.82) is 0 Å². The van der Waals surface area contributed by atoms with Crippen LogP contribution in [0.3, 0.4) is 0 Å². The van der Waals surface area contributed by atoms with Crippen molar-refractivity contribution in [2.45, 2.75) is 0 Å². The minimum Gasteiger partial charge on any atom is -0.228 e. The summed E-state index contributed by atoms with van der Waals surface area (Å²) in [4.78, 5) is 25.3. The summed E-state index contributed by atoms with van der Waals surface area (Å²) in [5.74, 6) is 2.59. The molecule has 5 heteroatoms. The summed E-state index contributed by atoms with van der Waals surface area (Å²) < 4.78 is 0. The molecule has 0 fully saturated rings. The van der Waals surface area contributed by atoms with Gasteiger partial charge in [-0.05, 0) is 50.7 Å². The van der Waals surface area contributed by atoms with Gasteiger partial charge in [-0.1, -0.05) is 224 Å². The van der Waals surface area contributed by atoms with Gasteiger partial charge in [-0.15, -0.1) is 0 Å². The van der Waals surface area contributed by atoms with Crippen molar-refractivity contribution in [3.63, 3.8) is 0 Å². The monoisotopic (exact) mass is 817 g/mol. The molecule has 0 aliphatic heterocycles. The molecule has 0 amide bonds. The number of aromatic nitrogens is 5. The van der Waals surface area contributed by atoms with Gasteiger partial charge in [0.05, 0.1) is 11.4 Å². The fraction of sp³-hybridized carbons (Fsp3) is 0. The topological polar surface area (TPSA) is 64.5 Å². The molecule has 0 spiro atoms. The maximum Gasteiger partial charge on any atom is 0.164 e. The zero-order valence-electron chi connectivity index (χ0n) is 34.8. The highest BCUT2D eigenvalue weighted by atomic mass is 15.0. The Morgan fingerprint density at radius 3 is 1.16 bits per heavy atom. The zero-order chi connectivity index (χ0) is 42.7. The van der Waals surface area contributed by atoms with E-state index >= 15 is 0 Å². The third-order valence-corrected chi connectivity index (χ3v) is 11.6. The van der Waals surface area contributed by atoms with Gasteiger partial charge < -0.3 is 0 Å². The van der Waals surface area contributed by atoms with Crippen LogP contribution in [0.4, 0.5) is 0 Å². The first kappa shape index (κ1) is 38.3. The van der Waals surface area contributed by atoms with Crippen molar-refractivity contribution in [1.82, 2.24) is 24.9 Å². The van der Waals surface area contributed by atoms with Gasteiger partial charge >= 0.3 is 0 Å². The number of rotatable bonds is 9. The predicted octanol–water partition coefficient (Wildman–Crippen LogP) is 14.8. The molecule has 0 saturated heterocycles. The lowest BCUT2D eigenvalue weighted by molar-refractivity contribution is 1.07. The first-order valence-electron chi connectivity index (χ1n) is 21.4. The van der Waals surface area contributed by atoms with E-state index in [2.05, 4.69) is 140 Å². The fourth-order valence-corrected chi connectivity index (χ4v) is 8.37. The van der Waals surface area contributed by atoms with Crippen LogP contribution in [0.25, 0.3) is 112 Å². The van der Waals surface area contributed by atoms with Crippen LogP contribution in [-0.4, -0.2) is 24.9 Å². The first-order chi connectivity index (χ1) is 31.7. The summed E-state index contributed by atoms with van der Waals surface area (Å²) in [6.07, 6.45) is 0. The molecule has 300 valence electrons. The molecule has 0 saturated carbocycles. The zero-order valence-corrected chi connectivity index (χ0v) is 34.8. The maximum absolute atomic E-state index is 5.17. The van der Waals surface area contributed by atoms with Gasteiger partial charge in [0.1, 0.15) is 0 Å². The Morgan fingerprint density at radius 2 is 0.609 bits per heavy atom. The van der Waals surface area contributed by atoms with E-state index in [0.717, 1.165) is 88.9 Å². The SMILES string of the molecule is c1ccc(-c2cc(-c3ccc(-c4ccc(-c5ccccc5-c5c(-c6nc(-c7ccccc7)nc(-c7ccccc7)n6)ccc6ccccc56)cc4)cc3)nc(-c3ccccc3)n2)cc1. The average molecular weight is 818 g/mol. The lowest BCUT2D eigenvalue weighted by Crippen LogP contribution is -2.01. The Kier molecular flexibility index (Phi) is 10.2. The highest BCUT2D eigenvalue weighted by molar-refractivity contribution is 6.06. The lowest BCUT2D eigenvalue weighted by Gasteiger charge is -2.18. The first-order valence-corrected chi connectivity index (χ1v) is 21.4. The second-order valence-corrected chi connectivity index (χ2v) is 15.6. The van der Waals surface area contributed by atoms with Crippen molar-refractivity contribution in [3.05, 3.63) is 237 Å². The molecule has 0 unspecified atom stereocenters. The standard InChI is InChI=1S/C59H39N5/c1-5-18-44(19-6-1)53-39-54(61-56(60-53)46-20-7-2-8-21-46)45-35-31-41(32-36-45)40-29-33-43(34-30-40)49-26-15-16-28-51(49)55-50-27-14-13-17-42(50)37-38-52(55)59-63-57(47-22-9-3-10-23-47)62-58(64-59)48-24-11-4-12-25-48/h1-39H. The lowest BCUT2D eigenvalue weighted by atomic mass is 9.87. The largest absolute Gasteiger partial charge is 0.228 e. The van der Waals surface area contributed by atoms with Gasteiger partial charge in [0.2, 0.25) is 0 Å². The molecule has 2 heterocycles. The summed E-state index contributed by atoms with van der Waals surface area (Å²) in [5.41, 5.74) is 14.3. The highest BCUT2D eigenvalue weighted by Gasteiger charge is 2.20. The Hall–Kier alpha value is -8.67. The summed E-state index contributed by atoms with van der Waals surface area (Å²) in [7, 11) is 0. The molecule has 0 aliphatic carbocycles. The Labute approximate surface area is 372 Å². The van der Waals surface area contributed by atoms with Crippen molar-refractivity contribution in [2.24, 2.45) is 0 Å². The van der Waals surface area contributed by atoms with Crippen LogP contribution in [0, 0.1) is 0 Å². The van der Waals surface area contributed by atoms with E-state index in [1.54, 1.807) is 0 Å². The van der Waals surface area contributed by atoms with Gasteiger partial charge in [0.25, 0.3) is 0 Å². The van der Waals surface area contributed by atoms with Crippen molar-refractivity contribution in [2.75, 3.05) is 0 Å². The van der Waals surface area contributed by atoms with Crippen LogP contribution < -0.4 is 0 Å². The Morgan fingerprint density at radius 1 is 0.219 bits per heavy atom. The predicted molar refractivity (Wildman–Crippen MR) is 262 cm³/mol. The Balaban J connectivity index is 0.970. The molecule has 64 heavy (non-hydrogen) atoms. The summed E-state index contributed by atoms with van der Waals surface area (Å²) >= 11 is 0. The number of hydrogen-bond donors (Lipinski definition) is 0. The van der Waals surface area contributed by atoms with E-state index in [0.29, 0.717) is 23.3 Å². The van der Waals surface area contributed by atoms with Gasteiger partial charge in [-0.25, -0.2) is 24.9 Å². The number of fused-ring (bicyclic) bond motifs is 1. The van der Waals surface area contributed by atoms with Crippen LogP contribution in [0.2, 0.25) is 0 Å². The average Bonchev–Trinajstić information content (AvgIpc) is 3.39. The molecule has 9 aromatic carbocycles. The van der Waals surface area contributed by atoms with Crippen LogP contribution in [0.15, 0.2) is 237 Å². The third kappa shape index (κ3) is 7.63. The number of benzene rings is 9. The van der Waals surface area contributed by atoms with Crippen LogP contribution in [0.1, 0.15) is 0 Å². The maximum atomic E-state index is 5.17.